The number of carbonyl (C=O) groups is 2. The average Bonchev–Trinajstić information content (AvgIpc) is 3.03. The first-order valence-corrected chi connectivity index (χ1v) is 7.74. The van der Waals surface area contributed by atoms with Gasteiger partial charge in [-0.25, -0.2) is 9.59 Å². The van der Waals surface area contributed by atoms with E-state index in [4.69, 9.17) is 14.2 Å². The molecule has 1 aromatic carbocycles. The average molecular weight is 334 g/mol. The molecule has 2 heterocycles. The second-order valence-corrected chi connectivity index (χ2v) is 6.41. The molecule has 0 aliphatic carbocycles. The maximum absolute atomic E-state index is 12.4. The number of benzene rings is 1. The third kappa shape index (κ3) is 2.03. The molecule has 1 aromatic rings. The van der Waals surface area contributed by atoms with Crippen molar-refractivity contribution in [3.63, 3.8) is 0 Å². The molecule has 7 nitrogen and oxygen atoms in total. The fourth-order valence-corrected chi connectivity index (χ4v) is 4.15. The zero-order chi connectivity index (χ0) is 17.6. The lowest BCUT2D eigenvalue weighted by molar-refractivity contribution is -0.145. The van der Waals surface area contributed by atoms with E-state index in [1.807, 2.05) is 30.1 Å². The second-order valence-electron chi connectivity index (χ2n) is 6.41. The number of amides is 1. The molecule has 3 atom stereocenters. The fraction of sp³-hybridized carbons (Fsp3) is 0.529. The summed E-state index contributed by atoms with van der Waals surface area (Å²) < 4.78 is 15.2. The zero-order valence-corrected chi connectivity index (χ0v) is 14.5. The lowest BCUT2D eigenvalue weighted by atomic mass is 9.80. The Balaban J connectivity index is 2.13. The van der Waals surface area contributed by atoms with Crippen molar-refractivity contribution in [1.82, 2.24) is 4.90 Å². The van der Waals surface area contributed by atoms with Gasteiger partial charge in [0.1, 0.15) is 18.0 Å². The second kappa shape index (κ2) is 5.58. The van der Waals surface area contributed by atoms with E-state index in [1.54, 1.807) is 7.11 Å². The Hall–Kier alpha value is -2.44. The number of ether oxygens (including phenoxy) is 3. The summed E-state index contributed by atoms with van der Waals surface area (Å²) in [6.45, 7) is 2.05. The third-order valence-corrected chi connectivity index (χ3v) is 5.21. The summed E-state index contributed by atoms with van der Waals surface area (Å²) in [5.74, 6) is 0.309. The quantitative estimate of drug-likeness (QED) is 0.768. The van der Waals surface area contributed by atoms with Gasteiger partial charge in [0.25, 0.3) is 0 Å². The van der Waals surface area contributed by atoms with E-state index in [-0.39, 0.29) is 6.17 Å². The molecule has 1 saturated heterocycles. The number of nitrogens with zero attached hydrogens (tertiary/aromatic N) is 2. The van der Waals surface area contributed by atoms with Crippen LogP contribution < -0.4 is 9.64 Å². The molecule has 2 aliphatic rings. The molecule has 3 rings (SSSR count). The van der Waals surface area contributed by atoms with Crippen molar-refractivity contribution in [3.8, 4) is 5.75 Å². The van der Waals surface area contributed by atoms with Crippen LogP contribution in [-0.4, -0.2) is 57.5 Å². The minimum Gasteiger partial charge on any atom is -0.497 e. The number of rotatable bonds is 2. The molecule has 0 N–H and O–H groups in total. The highest BCUT2D eigenvalue weighted by Crippen LogP contribution is 2.54. The van der Waals surface area contributed by atoms with E-state index in [0.29, 0.717) is 6.42 Å². The van der Waals surface area contributed by atoms with Crippen molar-refractivity contribution in [2.75, 3.05) is 33.3 Å². The maximum Gasteiger partial charge on any atom is 0.411 e. The minimum atomic E-state index is -0.681. The predicted molar refractivity (Wildman–Crippen MR) is 87.2 cm³/mol. The Morgan fingerprint density at radius 1 is 1.21 bits per heavy atom. The number of hydrogen-bond donors (Lipinski definition) is 0. The molecule has 7 heteroatoms. The number of likely N-dealkylation sites (tertiary alicyclic amines) is 1. The van der Waals surface area contributed by atoms with Crippen LogP contribution in [0, 0.1) is 0 Å². The van der Waals surface area contributed by atoms with E-state index in [1.165, 1.54) is 19.1 Å². The van der Waals surface area contributed by atoms with Gasteiger partial charge in [0.15, 0.2) is 0 Å². The predicted octanol–water partition coefficient (Wildman–Crippen LogP) is 1.74. The van der Waals surface area contributed by atoms with E-state index >= 15 is 0 Å². The van der Waals surface area contributed by atoms with Crippen LogP contribution in [0.3, 0.4) is 0 Å². The number of anilines is 1. The van der Waals surface area contributed by atoms with Crippen molar-refractivity contribution in [1.29, 1.82) is 0 Å². The maximum atomic E-state index is 12.4. The van der Waals surface area contributed by atoms with Crippen molar-refractivity contribution >= 4 is 17.7 Å². The summed E-state index contributed by atoms with van der Waals surface area (Å²) in [5, 5.41) is 0. The first-order valence-electron chi connectivity index (χ1n) is 7.74. The minimum absolute atomic E-state index is 0.323. The van der Waals surface area contributed by atoms with Gasteiger partial charge in [0.2, 0.25) is 0 Å². The molecule has 1 amide bonds. The number of hydrogen-bond acceptors (Lipinski definition) is 6. The van der Waals surface area contributed by atoms with Gasteiger partial charge in [0, 0.05) is 18.2 Å². The van der Waals surface area contributed by atoms with Gasteiger partial charge in [-0.2, -0.15) is 0 Å². The van der Waals surface area contributed by atoms with Crippen LogP contribution in [0.15, 0.2) is 18.2 Å². The van der Waals surface area contributed by atoms with Crippen LogP contribution in [0.2, 0.25) is 0 Å². The number of methoxy groups -OCH3 is 3. The highest BCUT2D eigenvalue weighted by Gasteiger charge is 2.61. The van der Waals surface area contributed by atoms with Crippen molar-refractivity contribution in [2.45, 2.75) is 31.0 Å². The van der Waals surface area contributed by atoms with E-state index in [2.05, 4.69) is 6.92 Å². The van der Waals surface area contributed by atoms with E-state index in [9.17, 15) is 9.59 Å². The molecule has 0 unspecified atom stereocenters. The van der Waals surface area contributed by atoms with Gasteiger partial charge < -0.3 is 19.1 Å². The summed E-state index contributed by atoms with van der Waals surface area (Å²) in [7, 11) is 6.18. The molecule has 2 aliphatic heterocycles. The number of carbonyl (C=O) groups excluding carboxylic acids is 2. The molecule has 1 fully saturated rings. The van der Waals surface area contributed by atoms with Gasteiger partial charge in [-0.05, 0) is 30.2 Å². The van der Waals surface area contributed by atoms with Gasteiger partial charge >= 0.3 is 12.1 Å². The summed E-state index contributed by atoms with van der Waals surface area (Å²) >= 11 is 0. The monoisotopic (exact) mass is 334 g/mol. The van der Waals surface area contributed by atoms with Gasteiger partial charge in [0.05, 0.1) is 21.3 Å². The fourth-order valence-electron chi connectivity index (χ4n) is 4.15. The Kier molecular flexibility index (Phi) is 3.81. The first-order chi connectivity index (χ1) is 11.4. The van der Waals surface area contributed by atoms with E-state index in [0.717, 1.165) is 17.0 Å². The molecule has 0 bridgehead atoms. The standard InChI is InChI=1S/C17H22N2O5/c1-17-9-13(14(20)23-4)19(16(21)24-5)15(17)18(2)12-7-6-10(22-3)8-11(12)17/h6-8,13,15H,9H2,1-5H3/t13-,15-,17-/m0/s1. The first kappa shape index (κ1) is 16.4. The highest BCUT2D eigenvalue weighted by molar-refractivity contribution is 5.85. The zero-order valence-electron chi connectivity index (χ0n) is 14.5. The topological polar surface area (TPSA) is 68.3 Å². The summed E-state index contributed by atoms with van der Waals surface area (Å²) in [5.41, 5.74) is 1.64. The lowest BCUT2D eigenvalue weighted by Gasteiger charge is -2.34. The molecular weight excluding hydrogens is 312 g/mol. The van der Waals surface area contributed by atoms with Crippen LogP contribution in [0.25, 0.3) is 0 Å². The molecule has 130 valence electrons. The van der Waals surface area contributed by atoms with Crippen LogP contribution in [0.4, 0.5) is 10.5 Å². The Bertz CT molecular complexity index is 692. The molecule has 0 saturated carbocycles. The summed E-state index contributed by atoms with van der Waals surface area (Å²) in [6.07, 6.45) is -0.397. The third-order valence-electron chi connectivity index (χ3n) is 5.21. The van der Waals surface area contributed by atoms with E-state index < -0.39 is 23.5 Å². The summed E-state index contributed by atoms with van der Waals surface area (Å²) in [4.78, 5) is 28.1. The largest absolute Gasteiger partial charge is 0.497 e. The van der Waals surface area contributed by atoms with Gasteiger partial charge in [-0.1, -0.05) is 6.92 Å². The van der Waals surface area contributed by atoms with Crippen LogP contribution in [0.1, 0.15) is 18.9 Å². The van der Waals surface area contributed by atoms with Crippen molar-refractivity contribution in [3.05, 3.63) is 23.8 Å². The number of likely N-dealkylation sites (N-methyl/N-ethyl adjacent to an activating group) is 1. The molecule has 24 heavy (non-hydrogen) atoms. The van der Waals surface area contributed by atoms with Gasteiger partial charge in [-0.15, -0.1) is 0 Å². The molecule has 0 spiro atoms. The SMILES string of the molecule is COC(=O)[C@@H]1C[C@@]2(C)c3cc(OC)ccc3N(C)[C@H]2N1C(=O)OC. The Morgan fingerprint density at radius 3 is 2.50 bits per heavy atom. The summed E-state index contributed by atoms with van der Waals surface area (Å²) in [6, 6.07) is 5.15. The van der Waals surface area contributed by atoms with Crippen molar-refractivity contribution in [2.24, 2.45) is 0 Å². The smallest absolute Gasteiger partial charge is 0.411 e. The molecule has 0 radical (unpaired) electrons. The Morgan fingerprint density at radius 2 is 1.92 bits per heavy atom. The highest BCUT2D eigenvalue weighted by atomic mass is 16.5. The number of fused-ring (bicyclic) bond motifs is 3. The Labute approximate surface area is 141 Å². The number of esters is 1. The molecular formula is C17H22N2O5. The normalized spacial score (nSPS) is 27.5. The lowest BCUT2D eigenvalue weighted by Crippen LogP contribution is -2.53. The van der Waals surface area contributed by atoms with Gasteiger partial charge in [-0.3, -0.25) is 4.90 Å². The van der Waals surface area contributed by atoms with Crippen molar-refractivity contribution < 1.29 is 23.8 Å². The molecule has 0 aromatic heterocycles. The van der Waals surface area contributed by atoms with Crippen LogP contribution >= 0.6 is 0 Å². The van der Waals surface area contributed by atoms with Crippen LogP contribution in [-0.2, 0) is 19.7 Å². The van der Waals surface area contributed by atoms with Crippen LogP contribution in [0.5, 0.6) is 5.75 Å².